The number of nitrogens with zero attached hydrogens (tertiary/aromatic N) is 5. The Bertz CT molecular complexity index is 837. The van der Waals surface area contributed by atoms with Crippen LogP contribution in [0.5, 0.6) is 0 Å². The molecule has 2 fully saturated rings. The van der Waals surface area contributed by atoms with Gasteiger partial charge in [0.05, 0.1) is 19.5 Å². The molecular weight excluding hydrogens is 440 g/mol. The van der Waals surface area contributed by atoms with Gasteiger partial charge in [0.2, 0.25) is 10.0 Å². The fourth-order valence-corrected chi connectivity index (χ4v) is 4.56. The predicted molar refractivity (Wildman–Crippen MR) is 126 cm³/mol. The summed E-state index contributed by atoms with van der Waals surface area (Å²) in [6.07, 6.45) is 4.57. The number of sulfonamides is 1. The molecule has 9 nitrogen and oxygen atoms in total. The van der Waals surface area contributed by atoms with Gasteiger partial charge < -0.3 is 15.4 Å². The van der Waals surface area contributed by atoms with Crippen molar-refractivity contribution in [3.05, 3.63) is 22.7 Å². The van der Waals surface area contributed by atoms with E-state index < -0.39 is 10.0 Å². The smallest absolute Gasteiger partial charge is 0.211 e. The van der Waals surface area contributed by atoms with Crippen molar-refractivity contribution in [2.75, 3.05) is 64.1 Å². The molecule has 0 unspecified atom stereocenters. The average Bonchev–Trinajstić information content (AvgIpc) is 2.74. The Kier molecular flexibility index (Phi) is 9.95. The number of piperidine rings is 1. The zero-order valence-corrected chi connectivity index (χ0v) is 20.5. The highest BCUT2D eigenvalue weighted by atomic mass is 35.5. The zero-order chi connectivity index (χ0) is 23.0. The summed E-state index contributed by atoms with van der Waals surface area (Å²) in [5.74, 6) is 1.26. The molecule has 3 rings (SSSR count). The van der Waals surface area contributed by atoms with Gasteiger partial charge in [-0.1, -0.05) is 25.4 Å². The van der Waals surface area contributed by atoms with Crippen LogP contribution in [-0.2, 0) is 14.8 Å². The van der Waals surface area contributed by atoms with Crippen molar-refractivity contribution in [2.24, 2.45) is 5.73 Å². The minimum absolute atomic E-state index is 0.0406. The van der Waals surface area contributed by atoms with E-state index in [9.17, 15) is 8.42 Å². The summed E-state index contributed by atoms with van der Waals surface area (Å²) in [5, 5.41) is 0.380. The van der Waals surface area contributed by atoms with Gasteiger partial charge in [0.25, 0.3) is 0 Å². The monoisotopic (exact) mass is 474 g/mol. The van der Waals surface area contributed by atoms with Crippen LogP contribution in [0.1, 0.15) is 32.5 Å². The molecule has 2 saturated heterocycles. The van der Waals surface area contributed by atoms with Crippen LogP contribution in [0.15, 0.2) is 11.8 Å². The van der Waals surface area contributed by atoms with E-state index in [0.717, 1.165) is 44.8 Å². The van der Waals surface area contributed by atoms with Crippen LogP contribution in [0.3, 0.4) is 0 Å². The van der Waals surface area contributed by atoms with Crippen molar-refractivity contribution < 1.29 is 13.2 Å². The Morgan fingerprint density at radius 2 is 1.87 bits per heavy atom. The average molecular weight is 475 g/mol. The lowest BCUT2D eigenvalue weighted by molar-refractivity contribution is 0.122. The molecular formula is C20H35ClN6O3S. The van der Waals surface area contributed by atoms with Gasteiger partial charge >= 0.3 is 0 Å². The molecule has 0 radical (unpaired) electrons. The van der Waals surface area contributed by atoms with Crippen LogP contribution in [-0.4, -0.2) is 92.9 Å². The lowest BCUT2D eigenvalue weighted by Crippen LogP contribution is -2.45. The SMILES string of the molecule is CC.CN(C1CCN(C/C(N)=C/c2nc(Cl)cc(N3CCOCC3)n2)CC1)S(C)(=O)=O. The van der Waals surface area contributed by atoms with E-state index in [-0.39, 0.29) is 6.04 Å². The maximum Gasteiger partial charge on any atom is 0.211 e. The summed E-state index contributed by atoms with van der Waals surface area (Å²) < 4.78 is 30.3. The molecule has 176 valence electrons. The van der Waals surface area contributed by atoms with Crippen LogP contribution < -0.4 is 10.6 Å². The summed E-state index contributed by atoms with van der Waals surface area (Å²) in [6.45, 7) is 9.02. The van der Waals surface area contributed by atoms with Gasteiger partial charge in [0.15, 0.2) is 5.82 Å². The number of ether oxygens (including phenoxy) is 1. The number of hydrogen-bond donors (Lipinski definition) is 1. The lowest BCUT2D eigenvalue weighted by atomic mass is 10.1. The second kappa shape index (κ2) is 12.0. The first-order valence-corrected chi connectivity index (χ1v) is 12.9. The summed E-state index contributed by atoms with van der Waals surface area (Å²) in [4.78, 5) is 13.2. The van der Waals surface area contributed by atoms with Gasteiger partial charge in [-0.2, -0.15) is 0 Å². The Labute approximate surface area is 191 Å². The number of hydrogen-bond acceptors (Lipinski definition) is 8. The molecule has 1 aromatic rings. The Morgan fingerprint density at radius 1 is 1.26 bits per heavy atom. The first-order chi connectivity index (χ1) is 14.7. The topological polar surface area (TPSA) is 105 Å². The Balaban J connectivity index is 0.00000166. The molecule has 2 N–H and O–H groups in total. The second-order valence-corrected chi connectivity index (χ2v) is 9.94. The third kappa shape index (κ3) is 7.87. The zero-order valence-electron chi connectivity index (χ0n) is 18.9. The lowest BCUT2D eigenvalue weighted by Gasteiger charge is -2.35. The summed E-state index contributed by atoms with van der Waals surface area (Å²) in [7, 11) is -1.52. The molecule has 0 atom stereocenters. The molecule has 31 heavy (non-hydrogen) atoms. The van der Waals surface area contributed by atoms with Gasteiger partial charge in [-0.3, -0.25) is 4.90 Å². The van der Waals surface area contributed by atoms with Gasteiger partial charge in [-0.15, -0.1) is 0 Å². The molecule has 0 amide bonds. The summed E-state index contributed by atoms with van der Waals surface area (Å²) >= 11 is 6.18. The molecule has 11 heteroatoms. The van der Waals surface area contributed by atoms with Crippen LogP contribution in [0, 0.1) is 0 Å². The highest BCUT2D eigenvalue weighted by molar-refractivity contribution is 7.88. The Morgan fingerprint density at radius 3 is 2.45 bits per heavy atom. The molecule has 0 aromatic carbocycles. The number of rotatable bonds is 6. The number of anilines is 1. The number of aromatic nitrogens is 2. The minimum atomic E-state index is -3.16. The fraction of sp³-hybridized carbons (Fsp3) is 0.700. The van der Waals surface area contributed by atoms with E-state index in [1.165, 1.54) is 10.6 Å². The number of nitrogens with two attached hydrogens (primary N) is 1. The quantitative estimate of drug-likeness (QED) is 0.620. The Hall–Kier alpha value is -1.46. The normalized spacial score (nSPS) is 19.3. The van der Waals surface area contributed by atoms with E-state index in [4.69, 9.17) is 22.1 Å². The summed E-state index contributed by atoms with van der Waals surface area (Å²) in [5.41, 5.74) is 6.88. The fourth-order valence-electron chi connectivity index (χ4n) is 3.62. The van der Waals surface area contributed by atoms with E-state index in [0.29, 0.717) is 36.4 Å². The van der Waals surface area contributed by atoms with E-state index in [1.54, 1.807) is 19.2 Å². The summed E-state index contributed by atoms with van der Waals surface area (Å²) in [6, 6.07) is 1.79. The molecule has 0 bridgehead atoms. The number of likely N-dealkylation sites (tertiary alicyclic amines) is 1. The highest BCUT2D eigenvalue weighted by Crippen LogP contribution is 2.20. The van der Waals surface area contributed by atoms with E-state index >= 15 is 0 Å². The highest BCUT2D eigenvalue weighted by Gasteiger charge is 2.27. The maximum absolute atomic E-state index is 11.7. The van der Waals surface area contributed by atoms with Crippen molar-refractivity contribution in [3.63, 3.8) is 0 Å². The van der Waals surface area contributed by atoms with Gasteiger partial charge in [-0.05, 0) is 12.8 Å². The van der Waals surface area contributed by atoms with Gasteiger partial charge in [0, 0.05) is 63.7 Å². The molecule has 1 aromatic heterocycles. The van der Waals surface area contributed by atoms with Crippen LogP contribution >= 0.6 is 11.6 Å². The third-order valence-electron chi connectivity index (χ3n) is 5.35. The van der Waals surface area contributed by atoms with E-state index in [2.05, 4.69) is 19.8 Å². The standard InChI is InChI=1S/C18H29ClN6O3S.C2H6/c1-23(29(2,26)27)15-3-5-24(6-4-15)13-14(20)11-17-21-16(19)12-18(22-17)25-7-9-28-10-8-25;1-2/h11-12,15H,3-10,13,20H2,1-2H3;1-2H3/b14-11-;. The second-order valence-electron chi connectivity index (χ2n) is 7.51. The first kappa shape index (κ1) is 25.8. The van der Waals surface area contributed by atoms with Crippen LogP contribution in [0.25, 0.3) is 6.08 Å². The molecule has 2 aliphatic heterocycles. The molecule has 0 saturated carbocycles. The van der Waals surface area contributed by atoms with Crippen molar-refractivity contribution in [2.45, 2.75) is 32.7 Å². The molecule has 3 heterocycles. The van der Waals surface area contributed by atoms with Gasteiger partial charge in [0.1, 0.15) is 11.0 Å². The van der Waals surface area contributed by atoms with E-state index in [1.807, 2.05) is 13.8 Å². The molecule has 0 spiro atoms. The van der Waals surface area contributed by atoms with Crippen molar-refractivity contribution in [3.8, 4) is 0 Å². The van der Waals surface area contributed by atoms with Crippen molar-refractivity contribution in [1.82, 2.24) is 19.2 Å². The number of halogens is 1. The van der Waals surface area contributed by atoms with Crippen molar-refractivity contribution in [1.29, 1.82) is 0 Å². The van der Waals surface area contributed by atoms with Crippen molar-refractivity contribution >= 4 is 33.5 Å². The predicted octanol–water partition coefficient (Wildman–Crippen LogP) is 1.65. The third-order valence-corrected chi connectivity index (χ3v) is 6.89. The molecule has 0 aliphatic carbocycles. The first-order valence-electron chi connectivity index (χ1n) is 10.7. The minimum Gasteiger partial charge on any atom is -0.401 e. The molecule has 2 aliphatic rings. The van der Waals surface area contributed by atoms with Crippen LogP contribution in [0.2, 0.25) is 5.15 Å². The van der Waals surface area contributed by atoms with Gasteiger partial charge in [-0.25, -0.2) is 22.7 Å². The van der Waals surface area contributed by atoms with Crippen LogP contribution in [0.4, 0.5) is 5.82 Å². The largest absolute Gasteiger partial charge is 0.401 e. The number of morpholine rings is 1. The maximum atomic E-state index is 11.7.